The van der Waals surface area contributed by atoms with Gasteiger partial charge in [-0.05, 0) is 82.9 Å². The van der Waals surface area contributed by atoms with E-state index in [1.54, 1.807) is 46.9 Å². The molecule has 0 saturated carbocycles. The van der Waals surface area contributed by atoms with Gasteiger partial charge in [0.2, 0.25) is 5.91 Å². The molecule has 2 aromatic carbocycles. The monoisotopic (exact) mass is 499 g/mol. The number of hydrogen-bond acceptors (Lipinski definition) is 7. The summed E-state index contributed by atoms with van der Waals surface area (Å²) < 4.78 is 15.8. The zero-order chi connectivity index (χ0) is 25.6. The number of carbonyl (C=O) groups is 3. The number of benzene rings is 2. The smallest absolute Gasteiger partial charge is 0.338 e. The van der Waals surface area contributed by atoms with Crippen LogP contribution in [-0.4, -0.2) is 49.0 Å². The molecule has 0 aliphatic carbocycles. The molecule has 35 heavy (non-hydrogen) atoms. The van der Waals surface area contributed by atoms with Gasteiger partial charge in [-0.3, -0.25) is 14.5 Å². The van der Waals surface area contributed by atoms with Crippen LogP contribution in [0.4, 0.5) is 5.69 Å². The maximum Gasteiger partial charge on any atom is 0.338 e. The lowest BCUT2D eigenvalue weighted by atomic mass is 10.1. The Bertz CT molecular complexity index is 1060. The molecule has 0 radical (unpaired) electrons. The highest BCUT2D eigenvalue weighted by Gasteiger charge is 2.35. The molecule has 0 fully saturated rings. The number of nitrogens with zero attached hydrogens (tertiary/aromatic N) is 1. The number of thioether (sulfide) groups is 1. The number of ether oxygens (including phenoxy) is 3. The molecule has 0 aromatic heterocycles. The van der Waals surface area contributed by atoms with Crippen molar-refractivity contribution in [2.24, 2.45) is 0 Å². The molecule has 188 valence electrons. The van der Waals surface area contributed by atoms with Crippen molar-refractivity contribution in [2.75, 3.05) is 25.2 Å². The Labute approximate surface area is 211 Å². The van der Waals surface area contributed by atoms with E-state index < -0.39 is 17.5 Å². The van der Waals surface area contributed by atoms with Gasteiger partial charge in [0.1, 0.15) is 17.9 Å². The molecule has 0 spiro atoms. The highest BCUT2D eigenvalue weighted by molar-refractivity contribution is 8.01. The van der Waals surface area contributed by atoms with Crippen LogP contribution in [0.15, 0.2) is 47.4 Å². The van der Waals surface area contributed by atoms with Gasteiger partial charge in [0, 0.05) is 4.90 Å². The molecule has 1 amide bonds. The van der Waals surface area contributed by atoms with Crippen LogP contribution in [-0.2, 0) is 25.5 Å². The van der Waals surface area contributed by atoms with Crippen LogP contribution in [0.3, 0.4) is 0 Å². The van der Waals surface area contributed by atoms with Crippen molar-refractivity contribution in [1.82, 2.24) is 0 Å². The summed E-state index contributed by atoms with van der Waals surface area (Å²) in [6.07, 6.45) is 2.29. The van der Waals surface area contributed by atoms with E-state index in [4.69, 9.17) is 14.2 Å². The average molecular weight is 500 g/mol. The first-order valence-electron chi connectivity index (χ1n) is 11.7. The number of aryl methyl sites for hydroxylation is 1. The topological polar surface area (TPSA) is 82.1 Å². The van der Waals surface area contributed by atoms with E-state index in [0.717, 1.165) is 23.5 Å². The number of carbonyl (C=O) groups excluding carboxylic acids is 3. The van der Waals surface area contributed by atoms with Crippen molar-refractivity contribution in [2.45, 2.75) is 62.7 Å². The fraction of sp³-hybridized carbons (Fsp3) is 0.444. The number of esters is 2. The standard InChI is InChI=1S/C27H33NO6S/c1-6-33-26(31)19-12-15-22-21(16-19)28(17-24(29)34-27(2,3)4)25(30)23(35-22)9-7-8-18-10-13-20(32-5)14-11-18/h10-16,23H,6-9,17H2,1-5H3/t23-/m0/s1. The van der Waals surface area contributed by atoms with Gasteiger partial charge in [0.05, 0.1) is 30.2 Å². The number of amides is 1. The molecule has 0 bridgehead atoms. The molecule has 0 N–H and O–H groups in total. The third kappa shape index (κ3) is 7.24. The predicted molar refractivity (Wildman–Crippen MR) is 136 cm³/mol. The van der Waals surface area contributed by atoms with Crippen LogP contribution in [0.1, 0.15) is 56.5 Å². The van der Waals surface area contributed by atoms with E-state index in [1.165, 1.54) is 22.2 Å². The van der Waals surface area contributed by atoms with Gasteiger partial charge in [0.25, 0.3) is 0 Å². The predicted octanol–water partition coefficient (Wildman–Crippen LogP) is 5.04. The van der Waals surface area contributed by atoms with E-state index in [0.29, 0.717) is 17.7 Å². The Morgan fingerprint density at radius 3 is 2.43 bits per heavy atom. The lowest BCUT2D eigenvalue weighted by Gasteiger charge is -2.34. The lowest BCUT2D eigenvalue weighted by molar-refractivity contribution is -0.153. The van der Waals surface area contributed by atoms with E-state index in [9.17, 15) is 14.4 Å². The Kier molecular flexibility index (Phi) is 8.83. The summed E-state index contributed by atoms with van der Waals surface area (Å²) in [6, 6.07) is 13.0. The summed E-state index contributed by atoms with van der Waals surface area (Å²) in [6.45, 7) is 7.13. The second-order valence-electron chi connectivity index (χ2n) is 9.26. The van der Waals surface area contributed by atoms with Gasteiger partial charge in [0.15, 0.2) is 0 Å². The number of methoxy groups -OCH3 is 1. The molecule has 0 unspecified atom stereocenters. The van der Waals surface area contributed by atoms with Crippen LogP contribution < -0.4 is 9.64 Å². The number of hydrogen-bond donors (Lipinski definition) is 0. The van der Waals surface area contributed by atoms with Gasteiger partial charge < -0.3 is 14.2 Å². The SMILES string of the molecule is CCOC(=O)c1ccc2c(c1)N(CC(=O)OC(C)(C)C)C(=O)[C@H](CCCc1ccc(OC)cc1)S2. The summed E-state index contributed by atoms with van der Waals surface area (Å²) in [5, 5.41) is -0.336. The van der Waals surface area contributed by atoms with E-state index in [2.05, 4.69) is 0 Å². The fourth-order valence-electron chi connectivity index (χ4n) is 3.80. The lowest BCUT2D eigenvalue weighted by Crippen LogP contribution is -2.45. The molecule has 7 nitrogen and oxygen atoms in total. The third-order valence-corrected chi connectivity index (χ3v) is 6.69. The number of anilines is 1. The van der Waals surface area contributed by atoms with Gasteiger partial charge in [-0.25, -0.2) is 4.79 Å². The minimum atomic E-state index is -0.669. The molecular weight excluding hydrogens is 466 g/mol. The van der Waals surface area contributed by atoms with Crippen LogP contribution >= 0.6 is 11.8 Å². The van der Waals surface area contributed by atoms with Crippen LogP contribution in [0, 0.1) is 0 Å². The Hall–Kier alpha value is -3.00. The van der Waals surface area contributed by atoms with Gasteiger partial charge in [-0.2, -0.15) is 0 Å². The summed E-state index contributed by atoms with van der Waals surface area (Å²) in [4.78, 5) is 40.7. The summed E-state index contributed by atoms with van der Waals surface area (Å²) in [5.41, 5.74) is 1.37. The quantitative estimate of drug-likeness (QED) is 0.447. The molecule has 3 rings (SSSR count). The Balaban J connectivity index is 1.79. The summed E-state index contributed by atoms with van der Waals surface area (Å²) >= 11 is 1.47. The normalized spacial score (nSPS) is 15.4. The fourth-order valence-corrected chi connectivity index (χ4v) is 5.05. The van der Waals surface area contributed by atoms with Gasteiger partial charge >= 0.3 is 11.9 Å². The molecule has 1 heterocycles. The average Bonchev–Trinajstić information content (AvgIpc) is 2.80. The van der Waals surface area contributed by atoms with E-state index in [1.807, 2.05) is 30.3 Å². The largest absolute Gasteiger partial charge is 0.497 e. The first kappa shape index (κ1) is 26.6. The minimum Gasteiger partial charge on any atom is -0.497 e. The molecular formula is C27H33NO6S. The maximum absolute atomic E-state index is 13.5. The molecule has 8 heteroatoms. The Morgan fingerprint density at radius 2 is 1.80 bits per heavy atom. The highest BCUT2D eigenvalue weighted by atomic mass is 32.2. The maximum atomic E-state index is 13.5. The van der Waals surface area contributed by atoms with Crippen molar-refractivity contribution >= 4 is 35.3 Å². The zero-order valence-electron chi connectivity index (χ0n) is 21.0. The second kappa shape index (κ2) is 11.6. The zero-order valence-corrected chi connectivity index (χ0v) is 21.8. The third-order valence-electron chi connectivity index (χ3n) is 5.37. The van der Waals surface area contributed by atoms with Crippen molar-refractivity contribution < 1.29 is 28.6 Å². The first-order chi connectivity index (χ1) is 16.6. The Morgan fingerprint density at radius 1 is 1.09 bits per heavy atom. The van der Waals surface area contributed by atoms with Crippen LogP contribution in [0.2, 0.25) is 0 Å². The molecule has 1 aliphatic rings. The van der Waals surface area contributed by atoms with Gasteiger partial charge in [-0.15, -0.1) is 11.8 Å². The molecule has 0 saturated heterocycles. The minimum absolute atomic E-state index is 0.163. The van der Waals surface area contributed by atoms with Crippen molar-refractivity contribution in [3.05, 3.63) is 53.6 Å². The second-order valence-corrected chi connectivity index (χ2v) is 10.5. The van der Waals surface area contributed by atoms with Crippen molar-refractivity contribution in [3.8, 4) is 5.75 Å². The number of rotatable bonds is 9. The van der Waals surface area contributed by atoms with Crippen LogP contribution in [0.5, 0.6) is 5.75 Å². The number of fused-ring (bicyclic) bond motifs is 1. The summed E-state index contributed by atoms with van der Waals surface area (Å²) in [7, 11) is 1.64. The van der Waals surface area contributed by atoms with Crippen molar-refractivity contribution in [1.29, 1.82) is 0 Å². The summed E-state index contributed by atoms with van der Waals surface area (Å²) in [5.74, 6) is -0.318. The van der Waals surface area contributed by atoms with E-state index in [-0.39, 0.29) is 24.3 Å². The highest BCUT2D eigenvalue weighted by Crippen LogP contribution is 2.41. The van der Waals surface area contributed by atoms with E-state index >= 15 is 0 Å². The first-order valence-corrected chi connectivity index (χ1v) is 12.6. The molecule has 1 atom stereocenters. The van der Waals surface area contributed by atoms with Crippen molar-refractivity contribution in [3.63, 3.8) is 0 Å². The van der Waals surface area contributed by atoms with Crippen LogP contribution in [0.25, 0.3) is 0 Å². The molecule has 1 aliphatic heterocycles. The molecule has 2 aromatic rings. The van der Waals surface area contributed by atoms with Gasteiger partial charge in [-0.1, -0.05) is 12.1 Å².